The number of amides is 1. The van der Waals surface area contributed by atoms with E-state index in [0.29, 0.717) is 24.3 Å². The van der Waals surface area contributed by atoms with Crippen LogP contribution in [0.3, 0.4) is 0 Å². The van der Waals surface area contributed by atoms with E-state index in [0.717, 1.165) is 22.9 Å². The van der Waals surface area contributed by atoms with Crippen molar-refractivity contribution >= 4 is 23.4 Å². The fourth-order valence-corrected chi connectivity index (χ4v) is 3.91. The lowest BCUT2D eigenvalue weighted by molar-refractivity contribution is -0.121. The van der Waals surface area contributed by atoms with Gasteiger partial charge in [0.2, 0.25) is 11.9 Å². The number of carbonyl (C=O) groups is 1. The summed E-state index contributed by atoms with van der Waals surface area (Å²) in [5, 5.41) is 3.94. The van der Waals surface area contributed by atoms with Gasteiger partial charge in [0, 0.05) is 24.6 Å². The summed E-state index contributed by atoms with van der Waals surface area (Å²) >= 11 is 1.41. The Morgan fingerprint density at radius 2 is 2.23 bits per heavy atom. The first kappa shape index (κ1) is 13.9. The Bertz CT molecular complexity index is 717. The van der Waals surface area contributed by atoms with Gasteiger partial charge in [0.1, 0.15) is 10.8 Å². The maximum atomic E-state index is 12.5. The highest BCUT2D eigenvalue weighted by atomic mass is 32.1. The molecule has 7 heteroatoms. The van der Waals surface area contributed by atoms with E-state index in [1.165, 1.54) is 24.4 Å². The van der Waals surface area contributed by atoms with Crippen molar-refractivity contribution in [3.63, 3.8) is 0 Å². The van der Waals surface area contributed by atoms with E-state index in [1.54, 1.807) is 0 Å². The molecule has 1 fully saturated rings. The molecule has 2 aromatic rings. The Morgan fingerprint density at radius 1 is 1.41 bits per heavy atom. The topological polar surface area (TPSA) is 72.7 Å². The van der Waals surface area contributed by atoms with Crippen LogP contribution < -0.4 is 5.32 Å². The zero-order valence-electron chi connectivity index (χ0n) is 12.7. The summed E-state index contributed by atoms with van der Waals surface area (Å²) in [7, 11) is 0. The highest BCUT2D eigenvalue weighted by molar-refractivity contribution is 7.05. The number of anilines is 1. The molecule has 22 heavy (non-hydrogen) atoms. The smallest absolute Gasteiger partial charge is 0.241 e. The van der Waals surface area contributed by atoms with Gasteiger partial charge < -0.3 is 4.57 Å². The Hall–Kier alpha value is -1.76. The Labute approximate surface area is 133 Å². The highest BCUT2D eigenvalue weighted by Gasteiger charge is 2.31. The molecule has 1 saturated carbocycles. The fraction of sp³-hybridized carbons (Fsp3) is 0.600. The van der Waals surface area contributed by atoms with Crippen molar-refractivity contribution in [1.29, 1.82) is 0 Å². The van der Waals surface area contributed by atoms with Crippen LogP contribution in [-0.4, -0.2) is 24.8 Å². The minimum absolute atomic E-state index is 0.0176. The van der Waals surface area contributed by atoms with E-state index in [4.69, 9.17) is 0 Å². The Morgan fingerprint density at radius 3 is 3.00 bits per heavy atom. The van der Waals surface area contributed by atoms with Crippen LogP contribution in [0.5, 0.6) is 0 Å². The molecule has 0 saturated heterocycles. The first-order chi connectivity index (χ1) is 10.6. The molecule has 2 atom stereocenters. The zero-order chi connectivity index (χ0) is 15.3. The molecule has 1 aliphatic carbocycles. The fourth-order valence-electron chi connectivity index (χ4n) is 3.13. The van der Waals surface area contributed by atoms with Crippen LogP contribution >= 0.6 is 11.5 Å². The standard InChI is InChI=1S/C15H19N5OS/c1-8-5-11(7-20-6-9(2)16-12(8)20)13(21)17-15-18-14(22-19-15)10-3-4-10/h6,8,10-11H,3-5,7H2,1-2H3,(H,17,19,21)/t8-,11+/m1/s1. The van der Waals surface area contributed by atoms with Gasteiger partial charge in [-0.25, -0.2) is 9.97 Å². The Kier molecular flexibility index (Phi) is 3.25. The summed E-state index contributed by atoms with van der Waals surface area (Å²) in [6, 6.07) is 0. The van der Waals surface area contributed by atoms with Gasteiger partial charge in [0.25, 0.3) is 0 Å². The van der Waals surface area contributed by atoms with E-state index in [1.807, 2.05) is 13.1 Å². The van der Waals surface area contributed by atoms with Gasteiger partial charge in [0.05, 0.1) is 11.6 Å². The van der Waals surface area contributed by atoms with Crippen molar-refractivity contribution in [3.8, 4) is 0 Å². The molecular formula is C15H19N5OS. The summed E-state index contributed by atoms with van der Waals surface area (Å²) < 4.78 is 6.37. The van der Waals surface area contributed by atoms with Gasteiger partial charge in [-0.2, -0.15) is 4.37 Å². The van der Waals surface area contributed by atoms with E-state index < -0.39 is 0 Å². The molecule has 2 aromatic heterocycles. The van der Waals surface area contributed by atoms with Gasteiger partial charge in [-0.3, -0.25) is 10.1 Å². The van der Waals surface area contributed by atoms with Crippen molar-refractivity contribution in [1.82, 2.24) is 18.9 Å². The minimum atomic E-state index is -0.0519. The first-order valence-corrected chi connectivity index (χ1v) is 8.55. The largest absolute Gasteiger partial charge is 0.334 e. The van der Waals surface area contributed by atoms with Crippen molar-refractivity contribution in [3.05, 3.63) is 22.7 Å². The second kappa shape index (κ2) is 5.15. The molecule has 2 aliphatic rings. The number of imidazole rings is 1. The average molecular weight is 317 g/mol. The Balaban J connectivity index is 1.46. The number of carbonyl (C=O) groups excluding carboxylic acids is 1. The van der Waals surface area contributed by atoms with Gasteiger partial charge in [-0.05, 0) is 37.7 Å². The maximum absolute atomic E-state index is 12.5. The molecule has 1 aliphatic heterocycles. The third-order valence-corrected chi connectivity index (χ3v) is 5.27. The van der Waals surface area contributed by atoms with E-state index in [2.05, 4.69) is 31.1 Å². The average Bonchev–Trinajstić information content (AvgIpc) is 3.10. The molecule has 0 radical (unpaired) electrons. The quantitative estimate of drug-likeness (QED) is 0.944. The van der Waals surface area contributed by atoms with E-state index in [9.17, 15) is 4.79 Å². The van der Waals surface area contributed by atoms with Gasteiger partial charge in [0.15, 0.2) is 0 Å². The number of rotatable bonds is 3. The number of nitrogens with one attached hydrogen (secondary N) is 1. The second-order valence-electron chi connectivity index (χ2n) is 6.45. The van der Waals surface area contributed by atoms with Crippen molar-refractivity contribution in [2.75, 3.05) is 5.32 Å². The van der Waals surface area contributed by atoms with Crippen LogP contribution in [0.25, 0.3) is 0 Å². The van der Waals surface area contributed by atoms with E-state index in [-0.39, 0.29) is 11.8 Å². The van der Waals surface area contributed by atoms with Crippen LogP contribution in [0.4, 0.5) is 5.95 Å². The van der Waals surface area contributed by atoms with Gasteiger partial charge in [-0.1, -0.05) is 6.92 Å². The van der Waals surface area contributed by atoms with E-state index >= 15 is 0 Å². The molecule has 0 aromatic carbocycles. The van der Waals surface area contributed by atoms with Crippen molar-refractivity contribution in [2.24, 2.45) is 5.92 Å². The molecule has 1 amide bonds. The van der Waals surface area contributed by atoms with Gasteiger partial charge in [-0.15, -0.1) is 0 Å². The summed E-state index contributed by atoms with van der Waals surface area (Å²) in [4.78, 5) is 21.5. The molecule has 6 nitrogen and oxygen atoms in total. The summed E-state index contributed by atoms with van der Waals surface area (Å²) in [6.07, 6.45) is 5.25. The minimum Gasteiger partial charge on any atom is -0.334 e. The van der Waals surface area contributed by atoms with Crippen LogP contribution in [-0.2, 0) is 11.3 Å². The molecule has 0 spiro atoms. The number of aryl methyl sites for hydroxylation is 1. The van der Waals surface area contributed by atoms with Crippen LogP contribution in [0.1, 0.15) is 54.5 Å². The molecule has 116 valence electrons. The number of hydrogen-bond donors (Lipinski definition) is 1. The normalized spacial score (nSPS) is 24.1. The van der Waals surface area contributed by atoms with Crippen LogP contribution in [0.2, 0.25) is 0 Å². The monoisotopic (exact) mass is 317 g/mol. The molecule has 0 unspecified atom stereocenters. The lowest BCUT2D eigenvalue weighted by atomic mass is 9.91. The zero-order valence-corrected chi connectivity index (χ0v) is 13.6. The number of aromatic nitrogens is 4. The molecule has 3 heterocycles. The van der Waals surface area contributed by atoms with Gasteiger partial charge >= 0.3 is 0 Å². The second-order valence-corrected chi connectivity index (χ2v) is 7.23. The van der Waals surface area contributed by atoms with Crippen LogP contribution in [0.15, 0.2) is 6.20 Å². The first-order valence-electron chi connectivity index (χ1n) is 7.78. The predicted molar refractivity (Wildman–Crippen MR) is 84.0 cm³/mol. The maximum Gasteiger partial charge on any atom is 0.241 e. The molecule has 4 rings (SSSR count). The lowest BCUT2D eigenvalue weighted by Crippen LogP contribution is -2.32. The molecular weight excluding hydrogens is 298 g/mol. The van der Waals surface area contributed by atoms with Crippen molar-refractivity contribution < 1.29 is 4.79 Å². The lowest BCUT2D eigenvalue weighted by Gasteiger charge is -2.27. The summed E-state index contributed by atoms with van der Waals surface area (Å²) in [5.74, 6) is 2.40. The number of nitrogens with zero attached hydrogens (tertiary/aromatic N) is 4. The number of fused-ring (bicyclic) bond motifs is 1. The molecule has 1 N–H and O–H groups in total. The third-order valence-electron chi connectivity index (χ3n) is 4.40. The summed E-state index contributed by atoms with van der Waals surface area (Å²) in [5.41, 5.74) is 1.01. The summed E-state index contributed by atoms with van der Waals surface area (Å²) in [6.45, 7) is 4.81. The molecule has 0 bridgehead atoms. The highest BCUT2D eigenvalue weighted by Crippen LogP contribution is 2.41. The third kappa shape index (κ3) is 2.54. The van der Waals surface area contributed by atoms with Crippen LogP contribution in [0, 0.1) is 12.8 Å². The van der Waals surface area contributed by atoms with Crippen molar-refractivity contribution in [2.45, 2.75) is 51.5 Å². The number of hydrogen-bond acceptors (Lipinski definition) is 5. The SMILES string of the molecule is Cc1cn2c(n1)[C@H](C)C[C@H](C(=O)Nc1nsc(C3CC3)n1)C2. The predicted octanol–water partition coefficient (Wildman–Crippen LogP) is 2.68.